The summed E-state index contributed by atoms with van der Waals surface area (Å²) in [5, 5.41) is 9.52. The van der Waals surface area contributed by atoms with Crippen molar-refractivity contribution in [2.45, 2.75) is 39.0 Å². The van der Waals surface area contributed by atoms with Crippen molar-refractivity contribution in [2.75, 3.05) is 37.0 Å². The molecule has 35 heavy (non-hydrogen) atoms. The van der Waals surface area contributed by atoms with Crippen molar-refractivity contribution in [3.8, 4) is 0 Å². The molecule has 0 atom stereocenters. The van der Waals surface area contributed by atoms with Crippen LogP contribution in [0.4, 0.5) is 17.1 Å². The van der Waals surface area contributed by atoms with Crippen LogP contribution in [0.25, 0.3) is 0 Å². The van der Waals surface area contributed by atoms with Crippen molar-refractivity contribution in [1.82, 2.24) is 0 Å². The molecule has 0 spiro atoms. The zero-order chi connectivity index (χ0) is 24.9. The number of carboxylic acids is 1. The van der Waals surface area contributed by atoms with Crippen LogP contribution >= 0.6 is 0 Å². The fourth-order valence-corrected chi connectivity index (χ4v) is 5.61. The van der Waals surface area contributed by atoms with Gasteiger partial charge in [0, 0.05) is 56.1 Å². The molecule has 2 N–H and O–H groups in total. The number of hydrogen-bond acceptors (Lipinski definition) is 3. The highest BCUT2D eigenvalue weighted by atomic mass is 16.4. The van der Waals surface area contributed by atoms with Gasteiger partial charge in [0.05, 0.1) is 16.7 Å². The maximum Gasteiger partial charge on any atom is 0.335 e. The van der Waals surface area contributed by atoms with Gasteiger partial charge in [-0.05, 0) is 72.9 Å². The highest BCUT2D eigenvalue weighted by Gasteiger charge is 2.40. The summed E-state index contributed by atoms with van der Waals surface area (Å²) in [4.78, 5) is 19.9. The van der Waals surface area contributed by atoms with Crippen LogP contribution in [0.15, 0.2) is 54.6 Å². The van der Waals surface area contributed by atoms with Gasteiger partial charge in [-0.25, -0.2) is 9.79 Å². The Labute approximate surface area is 207 Å². The van der Waals surface area contributed by atoms with Crippen LogP contribution in [-0.2, 0) is 11.8 Å². The Bertz CT molecular complexity index is 1350. The lowest BCUT2D eigenvalue weighted by atomic mass is 9.67. The molecule has 0 aromatic heterocycles. The minimum Gasteiger partial charge on any atom is -0.478 e. The van der Waals surface area contributed by atoms with Gasteiger partial charge >= 0.3 is 5.97 Å². The molecular weight excluding hydrogens is 434 g/mol. The molecule has 0 unspecified atom stereocenters. The molecule has 3 aromatic carbocycles. The number of anilines is 2. The number of aryl methyl sites for hydroxylation is 1. The fourth-order valence-electron chi connectivity index (χ4n) is 5.61. The molecule has 180 valence electrons. The van der Waals surface area contributed by atoms with E-state index >= 15 is 0 Å². The SMILES string of the molecule is CCN1CCCc2cc3c(cc21)C(C)(C)c1cc(N(C)C)ccc1C3=[NH+]c1cccc(C(=O)O)c1. The highest BCUT2D eigenvalue weighted by Crippen LogP contribution is 2.45. The number of benzene rings is 3. The van der Waals surface area contributed by atoms with Crippen LogP contribution in [0.1, 0.15) is 65.4 Å². The molecule has 0 saturated carbocycles. The van der Waals surface area contributed by atoms with Gasteiger partial charge in [0.25, 0.3) is 0 Å². The Hall–Kier alpha value is -3.60. The Kier molecular flexibility index (Phi) is 5.66. The van der Waals surface area contributed by atoms with Crippen LogP contribution < -0.4 is 14.8 Å². The summed E-state index contributed by atoms with van der Waals surface area (Å²) in [5.41, 5.74) is 10.8. The number of rotatable bonds is 4. The number of carboxylic acid groups (broad SMARTS) is 1. The third-order valence-corrected chi connectivity index (χ3v) is 7.60. The largest absolute Gasteiger partial charge is 0.478 e. The molecule has 0 amide bonds. The van der Waals surface area contributed by atoms with E-state index in [9.17, 15) is 9.90 Å². The van der Waals surface area contributed by atoms with Crippen molar-refractivity contribution in [2.24, 2.45) is 0 Å². The zero-order valence-electron chi connectivity index (χ0n) is 21.3. The van der Waals surface area contributed by atoms with Crippen molar-refractivity contribution in [3.63, 3.8) is 0 Å². The van der Waals surface area contributed by atoms with Crippen molar-refractivity contribution in [1.29, 1.82) is 0 Å². The number of nitrogens with zero attached hydrogens (tertiary/aromatic N) is 2. The van der Waals surface area contributed by atoms with E-state index < -0.39 is 5.97 Å². The third-order valence-electron chi connectivity index (χ3n) is 7.60. The monoisotopic (exact) mass is 468 g/mol. The summed E-state index contributed by atoms with van der Waals surface area (Å²) < 4.78 is 0. The van der Waals surface area contributed by atoms with Crippen LogP contribution in [0.5, 0.6) is 0 Å². The second-order valence-corrected chi connectivity index (χ2v) is 10.3. The lowest BCUT2D eigenvalue weighted by Gasteiger charge is -2.38. The first-order valence-electron chi connectivity index (χ1n) is 12.4. The molecule has 1 aliphatic heterocycles. The van der Waals surface area contributed by atoms with E-state index in [0.29, 0.717) is 0 Å². The molecule has 5 rings (SSSR count). The summed E-state index contributed by atoms with van der Waals surface area (Å²) in [6.07, 6.45) is 2.24. The summed E-state index contributed by atoms with van der Waals surface area (Å²) in [7, 11) is 4.14. The maximum atomic E-state index is 11.6. The molecule has 3 aromatic rings. The van der Waals surface area contributed by atoms with Gasteiger partial charge in [0.2, 0.25) is 11.4 Å². The minimum absolute atomic E-state index is 0.184. The fraction of sp³-hybridized carbons (Fsp3) is 0.333. The number of nitrogens with one attached hydrogen (secondary N) is 1. The average molecular weight is 469 g/mol. The first kappa shape index (κ1) is 23.2. The Morgan fingerprint density at radius 1 is 1.06 bits per heavy atom. The number of aromatic carboxylic acids is 1. The van der Waals surface area contributed by atoms with Crippen LogP contribution in [0, 0.1) is 0 Å². The average Bonchev–Trinajstić information content (AvgIpc) is 2.85. The molecule has 1 heterocycles. The Morgan fingerprint density at radius 3 is 2.54 bits per heavy atom. The smallest absolute Gasteiger partial charge is 0.335 e. The van der Waals surface area contributed by atoms with Crippen LogP contribution in [0.3, 0.4) is 0 Å². The Balaban J connectivity index is 1.79. The van der Waals surface area contributed by atoms with E-state index in [1.807, 2.05) is 6.07 Å². The summed E-state index contributed by atoms with van der Waals surface area (Å²) in [6, 6.07) is 18.5. The summed E-state index contributed by atoms with van der Waals surface area (Å²) in [5.74, 6) is -0.923. The first-order valence-corrected chi connectivity index (χ1v) is 12.4. The molecule has 5 nitrogen and oxygen atoms in total. The van der Waals surface area contributed by atoms with E-state index in [1.54, 1.807) is 18.2 Å². The molecule has 2 aliphatic rings. The minimum atomic E-state index is -0.923. The number of carbonyl (C=O) groups is 1. The van der Waals surface area contributed by atoms with E-state index in [1.165, 1.54) is 33.6 Å². The maximum absolute atomic E-state index is 11.6. The van der Waals surface area contributed by atoms with Crippen LogP contribution in [-0.4, -0.2) is 44.0 Å². The lowest BCUT2D eigenvalue weighted by molar-refractivity contribution is -0.352. The van der Waals surface area contributed by atoms with Gasteiger partial charge in [-0.15, -0.1) is 0 Å². The van der Waals surface area contributed by atoms with Crippen molar-refractivity contribution < 1.29 is 14.9 Å². The Morgan fingerprint density at radius 2 is 1.83 bits per heavy atom. The molecular formula is C30H34N3O2+. The quantitative estimate of drug-likeness (QED) is 0.605. The molecule has 0 saturated heterocycles. The number of hydrogen-bond donors (Lipinski definition) is 2. The normalized spacial score (nSPS) is 16.9. The first-order chi connectivity index (χ1) is 16.7. The van der Waals surface area contributed by atoms with E-state index in [2.05, 4.69) is 80.0 Å². The molecule has 0 bridgehead atoms. The predicted molar refractivity (Wildman–Crippen MR) is 143 cm³/mol. The van der Waals surface area contributed by atoms with E-state index in [4.69, 9.17) is 0 Å². The van der Waals surface area contributed by atoms with E-state index in [-0.39, 0.29) is 11.0 Å². The number of fused-ring (bicyclic) bond motifs is 3. The molecule has 0 radical (unpaired) electrons. The molecule has 0 fully saturated rings. The van der Waals surface area contributed by atoms with Gasteiger partial charge in [-0.2, -0.15) is 0 Å². The van der Waals surface area contributed by atoms with Crippen LogP contribution in [0.2, 0.25) is 0 Å². The summed E-state index contributed by atoms with van der Waals surface area (Å²) >= 11 is 0. The van der Waals surface area contributed by atoms with Gasteiger partial charge in [0.1, 0.15) is 0 Å². The van der Waals surface area contributed by atoms with Gasteiger partial charge in [-0.1, -0.05) is 19.9 Å². The molecule has 5 heteroatoms. The van der Waals surface area contributed by atoms with Gasteiger partial charge in [0.15, 0.2) is 0 Å². The summed E-state index contributed by atoms with van der Waals surface area (Å²) in [6.45, 7) is 8.97. The van der Waals surface area contributed by atoms with Gasteiger partial charge < -0.3 is 14.9 Å². The molecule has 1 aliphatic carbocycles. The van der Waals surface area contributed by atoms with Gasteiger partial charge in [-0.3, -0.25) is 0 Å². The van der Waals surface area contributed by atoms with Crippen molar-refractivity contribution >= 4 is 28.7 Å². The standard InChI is InChI=1S/C30H33N3O2/c1-6-33-14-8-10-19-16-24-26(18-27(19)33)30(2,3)25-17-22(32(4)5)12-13-23(25)28(24)31-21-11-7-9-20(15-21)29(34)35/h7,9,11-13,15-18H,6,8,10,14H2,1-5H3,(H,34,35)/p+1. The van der Waals surface area contributed by atoms with E-state index in [0.717, 1.165) is 42.9 Å². The second kappa shape index (κ2) is 8.56. The zero-order valence-corrected chi connectivity index (χ0v) is 21.3. The topological polar surface area (TPSA) is 57.8 Å². The lowest BCUT2D eigenvalue weighted by Crippen LogP contribution is -2.68. The third kappa shape index (κ3) is 3.89. The van der Waals surface area contributed by atoms with Crippen molar-refractivity contribution in [3.05, 3.63) is 88.0 Å². The highest BCUT2D eigenvalue weighted by molar-refractivity contribution is 6.14. The second-order valence-electron chi connectivity index (χ2n) is 10.3. The predicted octanol–water partition coefficient (Wildman–Crippen LogP) is 4.11.